The van der Waals surface area contributed by atoms with Crippen LogP contribution in [0.3, 0.4) is 0 Å². The van der Waals surface area contributed by atoms with Crippen LogP contribution in [-0.4, -0.2) is 21.6 Å². The van der Waals surface area contributed by atoms with E-state index in [-0.39, 0.29) is 11.2 Å². The first-order valence-corrected chi connectivity index (χ1v) is 5.81. The molecular formula is C10H20O2S. The predicted molar refractivity (Wildman–Crippen MR) is 58.2 cm³/mol. The van der Waals surface area contributed by atoms with E-state index in [1.807, 2.05) is 20.8 Å². The monoisotopic (exact) mass is 204 g/mol. The molecule has 2 atom stereocenters. The van der Waals surface area contributed by atoms with Gasteiger partial charge in [0.2, 0.25) is 0 Å². The molecule has 78 valence electrons. The van der Waals surface area contributed by atoms with Gasteiger partial charge in [-0.2, -0.15) is 0 Å². The first-order valence-electron chi connectivity index (χ1n) is 4.87. The van der Waals surface area contributed by atoms with Gasteiger partial charge in [-0.3, -0.25) is 4.79 Å². The van der Waals surface area contributed by atoms with Crippen LogP contribution in [0, 0.1) is 5.92 Å². The highest BCUT2D eigenvalue weighted by atomic mass is 32.2. The lowest BCUT2D eigenvalue weighted by Gasteiger charge is -2.20. The van der Waals surface area contributed by atoms with E-state index in [1.165, 1.54) is 0 Å². The number of hydrogen-bond acceptors (Lipinski definition) is 2. The largest absolute Gasteiger partial charge is 0.480 e. The molecule has 0 saturated carbocycles. The van der Waals surface area contributed by atoms with E-state index in [0.717, 1.165) is 12.8 Å². The van der Waals surface area contributed by atoms with Crippen molar-refractivity contribution in [3.8, 4) is 0 Å². The lowest BCUT2D eigenvalue weighted by Crippen LogP contribution is -2.26. The molecule has 1 N–H and O–H groups in total. The van der Waals surface area contributed by atoms with E-state index >= 15 is 0 Å². The van der Waals surface area contributed by atoms with Gasteiger partial charge in [0, 0.05) is 0 Å². The summed E-state index contributed by atoms with van der Waals surface area (Å²) in [5, 5.41) is 9.15. The van der Waals surface area contributed by atoms with Crippen molar-refractivity contribution in [2.75, 3.05) is 0 Å². The van der Waals surface area contributed by atoms with Crippen LogP contribution in [0.5, 0.6) is 0 Å². The van der Waals surface area contributed by atoms with Gasteiger partial charge < -0.3 is 5.11 Å². The Kier molecular flexibility index (Phi) is 6.21. The summed E-state index contributed by atoms with van der Waals surface area (Å²) in [6.45, 7) is 8.20. The van der Waals surface area contributed by atoms with Crippen LogP contribution in [0.15, 0.2) is 0 Å². The number of hydrogen-bond donors (Lipinski definition) is 1. The van der Waals surface area contributed by atoms with Gasteiger partial charge in [0.05, 0.1) is 0 Å². The summed E-state index contributed by atoms with van der Waals surface area (Å²) in [6, 6.07) is 0. The van der Waals surface area contributed by atoms with Crippen molar-refractivity contribution < 1.29 is 9.90 Å². The average Bonchev–Trinajstić information content (AvgIpc) is 1.99. The van der Waals surface area contributed by atoms with Gasteiger partial charge in [0.25, 0.3) is 0 Å². The molecular weight excluding hydrogens is 184 g/mol. The minimum Gasteiger partial charge on any atom is -0.480 e. The van der Waals surface area contributed by atoms with Crippen molar-refractivity contribution in [3.05, 3.63) is 0 Å². The van der Waals surface area contributed by atoms with Crippen molar-refractivity contribution in [2.45, 2.75) is 51.0 Å². The summed E-state index contributed by atoms with van der Waals surface area (Å²) in [5.41, 5.74) is 0. The van der Waals surface area contributed by atoms with Crippen LogP contribution in [0.4, 0.5) is 0 Å². The first kappa shape index (κ1) is 12.8. The lowest BCUT2D eigenvalue weighted by atomic mass is 10.0. The number of rotatable bonds is 6. The quantitative estimate of drug-likeness (QED) is 0.722. The van der Waals surface area contributed by atoms with E-state index in [0.29, 0.717) is 5.25 Å². The van der Waals surface area contributed by atoms with Crippen molar-refractivity contribution in [1.29, 1.82) is 0 Å². The molecule has 2 unspecified atom stereocenters. The molecule has 0 saturated heterocycles. The molecule has 2 nitrogen and oxygen atoms in total. The van der Waals surface area contributed by atoms with E-state index in [2.05, 4.69) is 6.92 Å². The van der Waals surface area contributed by atoms with E-state index in [9.17, 15) is 4.79 Å². The smallest absolute Gasteiger partial charge is 0.316 e. The molecule has 0 aromatic carbocycles. The summed E-state index contributed by atoms with van der Waals surface area (Å²) >= 11 is 1.56. The van der Waals surface area contributed by atoms with E-state index < -0.39 is 5.97 Å². The molecule has 0 aliphatic rings. The topological polar surface area (TPSA) is 37.3 Å². The summed E-state index contributed by atoms with van der Waals surface area (Å²) in [6.07, 6.45) is 2.06. The second-order valence-electron chi connectivity index (χ2n) is 3.71. The normalized spacial score (nSPS) is 15.8. The predicted octanol–water partition coefficient (Wildman–Crippen LogP) is 3.02. The fourth-order valence-corrected chi connectivity index (χ4v) is 2.44. The lowest BCUT2D eigenvalue weighted by molar-refractivity contribution is -0.137. The van der Waals surface area contributed by atoms with Crippen LogP contribution in [0.25, 0.3) is 0 Å². The highest BCUT2D eigenvalue weighted by Crippen LogP contribution is 2.26. The molecule has 0 amide bonds. The number of carbonyl (C=O) groups is 1. The summed E-state index contributed by atoms with van der Waals surface area (Å²) < 4.78 is 0. The van der Waals surface area contributed by atoms with E-state index in [1.54, 1.807) is 11.8 Å². The Labute approximate surface area is 85.1 Å². The third kappa shape index (κ3) is 5.19. The third-order valence-corrected chi connectivity index (χ3v) is 3.43. The van der Waals surface area contributed by atoms with Crippen LogP contribution >= 0.6 is 11.8 Å². The minimum absolute atomic E-state index is 0.236. The van der Waals surface area contributed by atoms with Gasteiger partial charge in [-0.25, -0.2) is 0 Å². The molecule has 0 aliphatic heterocycles. The zero-order chi connectivity index (χ0) is 10.4. The van der Waals surface area contributed by atoms with Crippen molar-refractivity contribution >= 4 is 17.7 Å². The van der Waals surface area contributed by atoms with Gasteiger partial charge in [0.1, 0.15) is 5.25 Å². The number of carboxylic acids is 1. The van der Waals surface area contributed by atoms with Crippen LogP contribution in [0.2, 0.25) is 0 Å². The second kappa shape index (κ2) is 6.30. The average molecular weight is 204 g/mol. The van der Waals surface area contributed by atoms with Crippen molar-refractivity contribution in [1.82, 2.24) is 0 Å². The zero-order valence-electron chi connectivity index (χ0n) is 8.91. The second-order valence-corrected chi connectivity index (χ2v) is 5.43. The Hall–Kier alpha value is -0.180. The van der Waals surface area contributed by atoms with Crippen molar-refractivity contribution in [3.63, 3.8) is 0 Å². The van der Waals surface area contributed by atoms with E-state index in [4.69, 9.17) is 5.11 Å². The molecule has 0 fully saturated rings. The zero-order valence-corrected chi connectivity index (χ0v) is 9.73. The highest BCUT2D eigenvalue weighted by molar-refractivity contribution is 8.01. The molecule has 0 bridgehead atoms. The Morgan fingerprint density at radius 1 is 1.38 bits per heavy atom. The molecule has 0 spiro atoms. The molecule has 0 aromatic heterocycles. The maximum atomic E-state index is 10.9. The third-order valence-electron chi connectivity index (χ3n) is 1.92. The van der Waals surface area contributed by atoms with Crippen LogP contribution in [-0.2, 0) is 4.79 Å². The summed E-state index contributed by atoms with van der Waals surface area (Å²) in [5.74, 6) is -0.394. The summed E-state index contributed by atoms with van der Waals surface area (Å²) in [7, 11) is 0. The maximum absolute atomic E-state index is 10.9. The molecule has 0 heterocycles. The Morgan fingerprint density at radius 3 is 2.23 bits per heavy atom. The maximum Gasteiger partial charge on any atom is 0.316 e. The minimum atomic E-state index is -0.667. The first-order chi connectivity index (χ1) is 5.99. The van der Waals surface area contributed by atoms with Gasteiger partial charge in [0.15, 0.2) is 0 Å². The fourth-order valence-electron chi connectivity index (χ4n) is 1.34. The molecule has 0 radical (unpaired) electrons. The molecule has 3 heteroatoms. The SMILES string of the molecule is CCCC(C)C(SC(C)C)C(=O)O. The number of aliphatic carboxylic acids is 1. The Bertz CT molecular complexity index is 157. The number of thioether (sulfide) groups is 1. The summed E-state index contributed by atoms with van der Waals surface area (Å²) in [4.78, 5) is 10.9. The van der Waals surface area contributed by atoms with Crippen LogP contribution in [0.1, 0.15) is 40.5 Å². The molecule has 0 aliphatic carbocycles. The molecule has 0 rings (SSSR count). The Balaban J connectivity index is 4.15. The standard InChI is InChI=1S/C10H20O2S/c1-5-6-8(4)9(10(11)12)13-7(2)3/h7-9H,5-6H2,1-4H3,(H,11,12). The van der Waals surface area contributed by atoms with Gasteiger partial charge >= 0.3 is 5.97 Å². The van der Waals surface area contributed by atoms with Gasteiger partial charge in [-0.15, -0.1) is 11.8 Å². The van der Waals surface area contributed by atoms with Crippen LogP contribution < -0.4 is 0 Å². The molecule has 0 aromatic rings. The Morgan fingerprint density at radius 2 is 1.92 bits per heavy atom. The van der Waals surface area contributed by atoms with Gasteiger partial charge in [-0.1, -0.05) is 34.1 Å². The highest BCUT2D eigenvalue weighted by Gasteiger charge is 2.25. The van der Waals surface area contributed by atoms with Gasteiger partial charge in [-0.05, 0) is 17.6 Å². The number of carboxylic acid groups (broad SMARTS) is 1. The molecule has 13 heavy (non-hydrogen) atoms. The van der Waals surface area contributed by atoms with Crippen molar-refractivity contribution in [2.24, 2.45) is 5.92 Å². The fraction of sp³-hybridized carbons (Fsp3) is 0.900.